The van der Waals surface area contributed by atoms with Gasteiger partial charge in [0, 0.05) is 22.2 Å². The van der Waals surface area contributed by atoms with Crippen molar-refractivity contribution >= 4 is 23.2 Å². The highest BCUT2D eigenvalue weighted by atomic mass is 35.5. The lowest BCUT2D eigenvalue weighted by Gasteiger charge is -2.07. The van der Waals surface area contributed by atoms with Gasteiger partial charge in [0.1, 0.15) is 0 Å². The van der Waals surface area contributed by atoms with E-state index in [9.17, 15) is 4.79 Å². The number of benzene rings is 1. The lowest BCUT2D eigenvalue weighted by molar-refractivity contribution is 0.0955. The van der Waals surface area contributed by atoms with Gasteiger partial charge < -0.3 is 0 Å². The molecule has 1 aromatic rings. The van der Waals surface area contributed by atoms with Crippen LogP contribution in [-0.4, -0.2) is 11.6 Å². The monoisotopic (exact) mass is 259 g/mol. The second-order valence-electron chi connectivity index (χ2n) is 3.82. The summed E-state index contributed by atoms with van der Waals surface area (Å²) in [7, 11) is 0. The molecule has 91 valence electrons. The molecule has 1 fully saturated rings. The first-order valence-corrected chi connectivity index (χ1v) is 5.87. The SMILES string of the molecule is C/C(=N/NC(=O)c1ccc(Cl)cc1)[C]1[CH][CH][CH][CH]1. The number of nitrogens with zero attached hydrogens (tertiary/aromatic N) is 1. The van der Waals surface area contributed by atoms with E-state index < -0.39 is 0 Å². The first-order valence-electron chi connectivity index (χ1n) is 5.49. The van der Waals surface area contributed by atoms with Crippen molar-refractivity contribution in [2.75, 3.05) is 0 Å². The van der Waals surface area contributed by atoms with Gasteiger partial charge in [-0.2, -0.15) is 5.10 Å². The third-order valence-electron chi connectivity index (χ3n) is 2.51. The van der Waals surface area contributed by atoms with Gasteiger partial charge >= 0.3 is 0 Å². The van der Waals surface area contributed by atoms with Crippen molar-refractivity contribution in [3.8, 4) is 0 Å². The van der Waals surface area contributed by atoms with Crippen LogP contribution in [0.2, 0.25) is 5.02 Å². The molecule has 1 amide bonds. The number of hydrogen-bond acceptors (Lipinski definition) is 2. The Morgan fingerprint density at radius 1 is 1.17 bits per heavy atom. The zero-order valence-electron chi connectivity index (χ0n) is 9.85. The van der Waals surface area contributed by atoms with Crippen LogP contribution in [0.15, 0.2) is 29.4 Å². The molecule has 0 spiro atoms. The molecular formula is C14H12ClN2O. The van der Waals surface area contributed by atoms with Crippen molar-refractivity contribution in [1.29, 1.82) is 0 Å². The van der Waals surface area contributed by atoms with Crippen molar-refractivity contribution in [3.05, 3.63) is 66.5 Å². The van der Waals surface area contributed by atoms with Gasteiger partial charge in [-0.3, -0.25) is 4.79 Å². The molecule has 1 N–H and O–H groups in total. The predicted octanol–water partition coefficient (Wildman–Crippen LogP) is 2.85. The smallest absolute Gasteiger partial charge is 0.267 e. The van der Waals surface area contributed by atoms with Crippen LogP contribution in [0.3, 0.4) is 0 Å². The highest BCUT2D eigenvalue weighted by molar-refractivity contribution is 6.30. The molecule has 5 radical (unpaired) electrons. The van der Waals surface area contributed by atoms with E-state index in [0.717, 1.165) is 11.6 Å². The standard InChI is InChI=1S/C14H12ClN2O/c1-10(11-4-2-3-5-11)16-17-14(18)12-6-8-13(15)9-7-12/h2-9H,1H3,(H,17,18)/b16-10-. The van der Waals surface area contributed by atoms with E-state index in [1.807, 2.05) is 32.6 Å². The number of nitrogens with one attached hydrogen (secondary N) is 1. The fourth-order valence-electron chi connectivity index (χ4n) is 1.48. The van der Waals surface area contributed by atoms with Gasteiger partial charge in [-0.15, -0.1) is 0 Å². The second-order valence-corrected chi connectivity index (χ2v) is 4.26. The molecule has 3 nitrogen and oxygen atoms in total. The molecule has 0 bridgehead atoms. The summed E-state index contributed by atoms with van der Waals surface area (Å²) in [6.07, 6.45) is 7.73. The van der Waals surface area contributed by atoms with Gasteiger partial charge in [0.15, 0.2) is 0 Å². The highest BCUT2D eigenvalue weighted by Gasteiger charge is 2.19. The van der Waals surface area contributed by atoms with E-state index in [2.05, 4.69) is 10.5 Å². The number of hydrazone groups is 1. The Labute approximate surface area is 112 Å². The summed E-state index contributed by atoms with van der Waals surface area (Å²) in [5.74, 6) is 0.740. The minimum atomic E-state index is -0.252. The molecule has 0 saturated heterocycles. The summed E-state index contributed by atoms with van der Waals surface area (Å²) in [4.78, 5) is 11.8. The third kappa shape index (κ3) is 3.33. The Balaban J connectivity index is 1.94. The van der Waals surface area contributed by atoms with E-state index in [1.165, 1.54) is 0 Å². The van der Waals surface area contributed by atoms with Crippen LogP contribution in [0.5, 0.6) is 0 Å². The van der Waals surface area contributed by atoms with E-state index in [1.54, 1.807) is 24.3 Å². The van der Waals surface area contributed by atoms with Gasteiger partial charge in [0.05, 0.1) is 0 Å². The number of carbonyl (C=O) groups is 1. The van der Waals surface area contributed by atoms with Gasteiger partial charge in [-0.1, -0.05) is 11.6 Å². The first kappa shape index (κ1) is 13.1. The summed E-state index contributed by atoms with van der Waals surface area (Å²) >= 11 is 5.75. The van der Waals surface area contributed by atoms with Crippen LogP contribution >= 0.6 is 11.6 Å². The molecule has 0 heterocycles. The maximum Gasteiger partial charge on any atom is 0.271 e. The molecule has 0 aliphatic heterocycles. The van der Waals surface area contributed by atoms with E-state index in [4.69, 9.17) is 11.6 Å². The van der Waals surface area contributed by atoms with Crippen LogP contribution in [0.4, 0.5) is 0 Å². The lowest BCUT2D eigenvalue weighted by atomic mass is 10.0. The number of hydrogen-bond donors (Lipinski definition) is 1. The molecular weight excluding hydrogens is 248 g/mol. The summed E-state index contributed by atoms with van der Waals surface area (Å²) in [5, 5.41) is 4.65. The number of carbonyl (C=O) groups excluding carboxylic acids is 1. The van der Waals surface area contributed by atoms with Crippen LogP contribution < -0.4 is 5.43 Å². The quantitative estimate of drug-likeness (QED) is 0.658. The summed E-state index contributed by atoms with van der Waals surface area (Å²) in [5.41, 5.74) is 3.80. The van der Waals surface area contributed by atoms with E-state index >= 15 is 0 Å². The maximum absolute atomic E-state index is 11.8. The third-order valence-corrected chi connectivity index (χ3v) is 2.76. The van der Waals surface area contributed by atoms with E-state index in [-0.39, 0.29) is 5.91 Å². The number of rotatable bonds is 3. The Morgan fingerprint density at radius 3 is 2.39 bits per heavy atom. The molecule has 0 unspecified atom stereocenters. The van der Waals surface area contributed by atoms with Crippen molar-refractivity contribution in [2.45, 2.75) is 6.92 Å². The average molecular weight is 260 g/mol. The zero-order chi connectivity index (χ0) is 13.0. The van der Waals surface area contributed by atoms with Gasteiger partial charge in [0.25, 0.3) is 5.91 Å². The normalized spacial score (nSPS) is 16.9. The highest BCUT2D eigenvalue weighted by Crippen LogP contribution is 2.24. The Hall–Kier alpha value is -1.35. The predicted molar refractivity (Wildman–Crippen MR) is 72.5 cm³/mol. The van der Waals surface area contributed by atoms with Crippen LogP contribution in [0, 0.1) is 31.6 Å². The van der Waals surface area contributed by atoms with E-state index in [0.29, 0.717) is 10.6 Å². The minimum Gasteiger partial charge on any atom is -0.267 e. The van der Waals surface area contributed by atoms with Gasteiger partial charge in [-0.25, -0.2) is 5.43 Å². The largest absolute Gasteiger partial charge is 0.271 e. The van der Waals surface area contributed by atoms with Crippen LogP contribution in [0.1, 0.15) is 17.3 Å². The number of amides is 1. The molecule has 1 aliphatic rings. The zero-order valence-corrected chi connectivity index (χ0v) is 10.6. The molecule has 18 heavy (non-hydrogen) atoms. The molecule has 0 aromatic heterocycles. The van der Waals surface area contributed by atoms with Crippen molar-refractivity contribution in [2.24, 2.45) is 5.10 Å². The minimum absolute atomic E-state index is 0.252. The Kier molecular flexibility index (Phi) is 4.37. The molecule has 1 aromatic carbocycles. The second kappa shape index (κ2) is 6.01. The lowest BCUT2D eigenvalue weighted by Crippen LogP contribution is -2.20. The molecule has 1 saturated carbocycles. The van der Waals surface area contributed by atoms with Gasteiger partial charge in [-0.05, 0) is 56.9 Å². The molecule has 1 aliphatic carbocycles. The number of halogens is 1. The fraction of sp³-hybridized carbons (Fsp3) is 0.0714. The summed E-state index contributed by atoms with van der Waals surface area (Å²) < 4.78 is 0. The average Bonchev–Trinajstić information content (AvgIpc) is 2.90. The maximum atomic E-state index is 11.8. The van der Waals surface area contributed by atoms with Gasteiger partial charge in [0.2, 0.25) is 0 Å². The molecule has 2 rings (SSSR count). The van der Waals surface area contributed by atoms with Crippen molar-refractivity contribution in [3.63, 3.8) is 0 Å². The fourth-order valence-corrected chi connectivity index (χ4v) is 1.61. The summed E-state index contributed by atoms with van der Waals surface area (Å²) in [6.45, 7) is 1.84. The summed E-state index contributed by atoms with van der Waals surface area (Å²) in [6, 6.07) is 6.66. The van der Waals surface area contributed by atoms with Crippen molar-refractivity contribution in [1.82, 2.24) is 5.43 Å². The van der Waals surface area contributed by atoms with Crippen molar-refractivity contribution < 1.29 is 4.79 Å². The van der Waals surface area contributed by atoms with Crippen LogP contribution in [0.25, 0.3) is 0 Å². The molecule has 4 heteroatoms. The Bertz CT molecular complexity index is 447. The first-order chi connectivity index (χ1) is 8.66. The van der Waals surface area contributed by atoms with Crippen LogP contribution in [-0.2, 0) is 0 Å². The topological polar surface area (TPSA) is 41.5 Å². The molecule has 0 atom stereocenters. The Morgan fingerprint density at radius 2 is 1.78 bits per heavy atom.